The van der Waals surface area contributed by atoms with Crippen LogP contribution in [0.1, 0.15) is 27.7 Å². The van der Waals surface area contributed by atoms with Crippen molar-refractivity contribution in [2.75, 3.05) is 19.1 Å². The standard InChI is InChI=1S/C9H19NO5S.CH3ClO2S/c1-7(6-14-16(5,12)13)10-8(11)15-9(2,3)4;1-5(2,3)4/h7H,6H2,1-5H3,(H,10,11);1H3/t7-;/m1./s1. The number of hydrogen-bond acceptors (Lipinski definition) is 7. The van der Waals surface area contributed by atoms with Gasteiger partial charge in [0.1, 0.15) is 5.60 Å². The predicted molar refractivity (Wildman–Crippen MR) is 80.3 cm³/mol. The van der Waals surface area contributed by atoms with E-state index in [9.17, 15) is 21.6 Å². The molecule has 0 aromatic heterocycles. The van der Waals surface area contributed by atoms with Gasteiger partial charge < -0.3 is 10.1 Å². The molecule has 0 aliphatic rings. The molecule has 0 aromatic carbocycles. The Morgan fingerprint density at radius 1 is 1.19 bits per heavy atom. The summed E-state index contributed by atoms with van der Waals surface area (Å²) in [4.78, 5) is 11.3. The fourth-order valence-corrected chi connectivity index (χ4v) is 1.23. The van der Waals surface area contributed by atoms with E-state index in [-0.39, 0.29) is 6.61 Å². The molecule has 0 aliphatic heterocycles. The smallest absolute Gasteiger partial charge is 0.407 e. The minimum absolute atomic E-state index is 0.113. The van der Waals surface area contributed by atoms with E-state index in [1.54, 1.807) is 27.7 Å². The molecule has 0 heterocycles. The van der Waals surface area contributed by atoms with Crippen LogP contribution in [0.2, 0.25) is 0 Å². The van der Waals surface area contributed by atoms with Gasteiger partial charge in [-0.05, 0) is 27.7 Å². The van der Waals surface area contributed by atoms with Crippen LogP contribution in [0.4, 0.5) is 4.79 Å². The summed E-state index contributed by atoms with van der Waals surface area (Å²) >= 11 is 0. The molecule has 0 unspecified atom stereocenters. The summed E-state index contributed by atoms with van der Waals surface area (Å²) < 4.78 is 49.7. The maximum atomic E-state index is 11.3. The molecule has 1 N–H and O–H groups in total. The molecule has 128 valence electrons. The van der Waals surface area contributed by atoms with Crippen molar-refractivity contribution < 1.29 is 30.6 Å². The van der Waals surface area contributed by atoms with Crippen LogP contribution in [0.25, 0.3) is 0 Å². The lowest BCUT2D eigenvalue weighted by molar-refractivity contribution is 0.0494. The molecular formula is C10H22ClNO7S2. The Kier molecular flexibility index (Phi) is 9.47. The molecular weight excluding hydrogens is 346 g/mol. The third-order valence-corrected chi connectivity index (χ3v) is 1.86. The van der Waals surface area contributed by atoms with Gasteiger partial charge >= 0.3 is 6.09 Å². The normalized spacial score (nSPS) is 13.7. The van der Waals surface area contributed by atoms with Crippen molar-refractivity contribution in [3.8, 4) is 0 Å². The first-order valence-electron chi connectivity index (χ1n) is 5.73. The van der Waals surface area contributed by atoms with Gasteiger partial charge in [0.2, 0.25) is 9.05 Å². The minimum atomic E-state index is -3.48. The van der Waals surface area contributed by atoms with Crippen LogP contribution in [-0.4, -0.2) is 53.7 Å². The van der Waals surface area contributed by atoms with Crippen molar-refractivity contribution in [1.29, 1.82) is 0 Å². The number of rotatable bonds is 4. The van der Waals surface area contributed by atoms with Crippen molar-refractivity contribution in [3.63, 3.8) is 0 Å². The fraction of sp³-hybridized carbons (Fsp3) is 0.900. The van der Waals surface area contributed by atoms with Gasteiger partial charge in [-0.3, -0.25) is 4.18 Å². The van der Waals surface area contributed by atoms with E-state index in [1.165, 1.54) is 0 Å². The van der Waals surface area contributed by atoms with Gasteiger partial charge in [0.05, 0.1) is 25.2 Å². The number of carbonyl (C=O) groups excluding carboxylic acids is 1. The second-order valence-corrected chi connectivity index (χ2v) is 9.91. The van der Waals surface area contributed by atoms with Gasteiger partial charge in [0.25, 0.3) is 10.1 Å². The molecule has 11 heteroatoms. The average Bonchev–Trinajstić information content (AvgIpc) is 2.07. The maximum Gasteiger partial charge on any atom is 0.407 e. The molecule has 0 rings (SSSR count). The van der Waals surface area contributed by atoms with Gasteiger partial charge in [-0.1, -0.05) is 0 Å². The third-order valence-electron chi connectivity index (χ3n) is 1.30. The van der Waals surface area contributed by atoms with Crippen LogP contribution in [-0.2, 0) is 28.1 Å². The van der Waals surface area contributed by atoms with Gasteiger partial charge in [-0.15, -0.1) is 0 Å². The number of nitrogens with one attached hydrogen (secondary N) is 1. The lowest BCUT2D eigenvalue weighted by atomic mass is 10.2. The highest BCUT2D eigenvalue weighted by atomic mass is 35.7. The van der Waals surface area contributed by atoms with E-state index in [0.29, 0.717) is 0 Å². The molecule has 0 bridgehead atoms. The zero-order valence-corrected chi connectivity index (χ0v) is 15.2. The number of carbonyl (C=O) groups is 1. The van der Waals surface area contributed by atoms with Crippen molar-refractivity contribution in [1.82, 2.24) is 5.32 Å². The quantitative estimate of drug-likeness (QED) is 0.583. The highest BCUT2D eigenvalue weighted by molar-refractivity contribution is 8.13. The van der Waals surface area contributed by atoms with Crippen molar-refractivity contribution in [3.05, 3.63) is 0 Å². The largest absolute Gasteiger partial charge is 0.444 e. The van der Waals surface area contributed by atoms with Crippen LogP contribution in [0.3, 0.4) is 0 Å². The molecule has 0 saturated heterocycles. The SMILES string of the molecule is CS(=O)(=O)Cl.C[C@H](COS(C)(=O)=O)NC(=O)OC(C)(C)C. The van der Waals surface area contributed by atoms with E-state index < -0.39 is 36.9 Å². The van der Waals surface area contributed by atoms with Gasteiger partial charge in [0.15, 0.2) is 0 Å². The van der Waals surface area contributed by atoms with Gasteiger partial charge in [-0.2, -0.15) is 8.42 Å². The second kappa shape index (κ2) is 8.76. The van der Waals surface area contributed by atoms with E-state index in [2.05, 4.69) is 20.2 Å². The topological polar surface area (TPSA) is 116 Å². The summed E-state index contributed by atoms with van der Waals surface area (Å²) in [5, 5.41) is 2.46. The summed E-state index contributed by atoms with van der Waals surface area (Å²) in [5.41, 5.74) is -0.582. The van der Waals surface area contributed by atoms with Crippen LogP contribution in [0, 0.1) is 0 Å². The zero-order valence-electron chi connectivity index (χ0n) is 12.8. The van der Waals surface area contributed by atoms with Gasteiger partial charge in [-0.25, -0.2) is 13.2 Å². The Hall–Kier alpha value is -0.580. The molecule has 0 saturated carbocycles. The molecule has 1 atom stereocenters. The van der Waals surface area contributed by atoms with Crippen LogP contribution in [0.5, 0.6) is 0 Å². The monoisotopic (exact) mass is 367 g/mol. The van der Waals surface area contributed by atoms with Crippen molar-refractivity contribution >= 4 is 35.9 Å². The van der Waals surface area contributed by atoms with E-state index in [4.69, 9.17) is 4.74 Å². The van der Waals surface area contributed by atoms with Crippen molar-refractivity contribution in [2.24, 2.45) is 0 Å². The van der Waals surface area contributed by atoms with Crippen molar-refractivity contribution in [2.45, 2.75) is 39.3 Å². The predicted octanol–water partition coefficient (Wildman–Crippen LogP) is 1.06. The summed E-state index contributed by atoms with van der Waals surface area (Å²) in [6.07, 6.45) is 1.28. The first-order valence-corrected chi connectivity index (χ1v) is 10.3. The molecule has 0 spiro atoms. The second-order valence-electron chi connectivity index (χ2n) is 5.22. The average molecular weight is 368 g/mol. The summed E-state index contributed by atoms with van der Waals surface area (Å²) in [6.45, 7) is 6.73. The van der Waals surface area contributed by atoms with Crippen LogP contribution < -0.4 is 5.32 Å². The molecule has 8 nitrogen and oxygen atoms in total. The molecule has 1 amide bonds. The Morgan fingerprint density at radius 2 is 1.57 bits per heavy atom. The lowest BCUT2D eigenvalue weighted by Gasteiger charge is -2.21. The lowest BCUT2D eigenvalue weighted by Crippen LogP contribution is -2.40. The number of halogens is 1. The van der Waals surface area contributed by atoms with E-state index in [1.807, 2.05) is 0 Å². The Morgan fingerprint density at radius 3 is 1.86 bits per heavy atom. The minimum Gasteiger partial charge on any atom is -0.444 e. The molecule has 0 radical (unpaired) electrons. The highest BCUT2D eigenvalue weighted by Gasteiger charge is 2.18. The maximum absolute atomic E-state index is 11.3. The summed E-state index contributed by atoms with van der Waals surface area (Å²) in [7, 11) is -2.17. The third kappa shape index (κ3) is 28.3. The van der Waals surface area contributed by atoms with E-state index >= 15 is 0 Å². The molecule has 0 fully saturated rings. The number of alkyl carbamates (subject to hydrolysis) is 1. The molecule has 21 heavy (non-hydrogen) atoms. The first-order chi connectivity index (χ1) is 8.99. The highest BCUT2D eigenvalue weighted by Crippen LogP contribution is 2.06. The van der Waals surface area contributed by atoms with Crippen LogP contribution >= 0.6 is 10.7 Å². The Bertz CT molecular complexity index is 514. The summed E-state index contributed by atoms with van der Waals surface area (Å²) in [6, 6.07) is -0.440. The summed E-state index contributed by atoms with van der Waals surface area (Å²) in [5.74, 6) is 0. The van der Waals surface area contributed by atoms with Crippen LogP contribution in [0.15, 0.2) is 0 Å². The number of ether oxygens (including phenoxy) is 1. The first kappa shape index (κ1) is 22.7. The number of hydrogen-bond donors (Lipinski definition) is 1. The van der Waals surface area contributed by atoms with Gasteiger partial charge in [0, 0.05) is 10.7 Å². The molecule has 0 aliphatic carbocycles. The Labute approximate surface area is 130 Å². The Balaban J connectivity index is 0. The zero-order chi connectivity index (χ0) is 17.5. The number of amides is 1. The fourth-order valence-electron chi connectivity index (χ4n) is 0.776. The van der Waals surface area contributed by atoms with E-state index in [0.717, 1.165) is 12.5 Å². The molecule has 0 aromatic rings.